The Morgan fingerprint density at radius 2 is 1.75 bits per heavy atom. The summed E-state index contributed by atoms with van der Waals surface area (Å²) in [4.78, 5) is 12.6. The molecule has 3 rings (SSSR count). The van der Waals surface area contributed by atoms with Crippen molar-refractivity contribution in [2.45, 2.75) is 17.4 Å². The highest BCUT2D eigenvalue weighted by atomic mass is 35.5. The van der Waals surface area contributed by atoms with E-state index in [4.69, 9.17) is 0 Å². The van der Waals surface area contributed by atoms with Crippen LogP contribution in [0.3, 0.4) is 0 Å². The van der Waals surface area contributed by atoms with Crippen LogP contribution in [0.2, 0.25) is 0 Å². The second-order valence-electron chi connectivity index (χ2n) is 5.84. The van der Waals surface area contributed by atoms with Crippen LogP contribution in [0, 0.1) is 10.1 Å². The molecule has 2 heterocycles. The van der Waals surface area contributed by atoms with E-state index in [0.29, 0.717) is 19.1 Å². The average molecular weight is 377 g/mol. The number of rotatable bonds is 4. The third-order valence-corrected chi connectivity index (χ3v) is 6.42. The summed E-state index contributed by atoms with van der Waals surface area (Å²) >= 11 is 0. The highest BCUT2D eigenvalue weighted by Gasteiger charge is 2.32. The number of benzene rings is 1. The normalized spacial score (nSPS) is 22.9. The van der Waals surface area contributed by atoms with E-state index in [1.165, 1.54) is 28.6 Å². The molecule has 2 aliphatic heterocycles. The van der Waals surface area contributed by atoms with Gasteiger partial charge in [0.1, 0.15) is 0 Å². The first-order chi connectivity index (χ1) is 11.0. The van der Waals surface area contributed by atoms with Gasteiger partial charge in [0.05, 0.1) is 9.82 Å². The number of nitrogens with zero attached hydrogens (tertiary/aromatic N) is 3. The summed E-state index contributed by atoms with van der Waals surface area (Å²) in [6.07, 6.45) is 1.11. The van der Waals surface area contributed by atoms with Gasteiger partial charge in [0, 0.05) is 50.9 Å². The summed E-state index contributed by atoms with van der Waals surface area (Å²) in [5.74, 6) is 0. The molecule has 0 aliphatic carbocycles. The summed E-state index contributed by atoms with van der Waals surface area (Å²) in [7, 11) is -3.58. The van der Waals surface area contributed by atoms with Gasteiger partial charge in [-0.2, -0.15) is 4.31 Å². The lowest BCUT2D eigenvalue weighted by Gasteiger charge is -2.37. The quantitative estimate of drug-likeness (QED) is 0.613. The predicted octanol–water partition coefficient (Wildman–Crippen LogP) is 0.685. The largest absolute Gasteiger partial charge is 0.315 e. The Hall–Kier alpha value is -1.26. The van der Waals surface area contributed by atoms with Crippen LogP contribution < -0.4 is 5.32 Å². The van der Waals surface area contributed by atoms with Crippen molar-refractivity contribution in [3.05, 3.63) is 34.4 Å². The number of nitro groups is 1. The summed E-state index contributed by atoms with van der Waals surface area (Å²) in [5.41, 5.74) is -0.109. The summed E-state index contributed by atoms with van der Waals surface area (Å²) < 4.78 is 26.7. The smallest absolute Gasteiger partial charge is 0.269 e. The number of nitro benzene ring substituents is 1. The van der Waals surface area contributed by atoms with E-state index in [-0.39, 0.29) is 23.0 Å². The maximum absolute atomic E-state index is 12.6. The molecular weight excluding hydrogens is 356 g/mol. The fourth-order valence-corrected chi connectivity index (χ4v) is 4.57. The van der Waals surface area contributed by atoms with E-state index in [9.17, 15) is 18.5 Å². The molecule has 0 amide bonds. The maximum atomic E-state index is 12.6. The van der Waals surface area contributed by atoms with Gasteiger partial charge in [-0.05, 0) is 25.1 Å². The van der Waals surface area contributed by atoms with Gasteiger partial charge in [0.2, 0.25) is 10.0 Å². The molecule has 1 N–H and O–H groups in total. The summed E-state index contributed by atoms with van der Waals surface area (Å²) in [6.45, 7) is 4.34. The number of non-ortho nitro benzene ring substituents is 1. The fourth-order valence-electron chi connectivity index (χ4n) is 3.15. The van der Waals surface area contributed by atoms with Gasteiger partial charge < -0.3 is 5.32 Å². The van der Waals surface area contributed by atoms with Gasteiger partial charge in [-0.15, -0.1) is 12.4 Å². The van der Waals surface area contributed by atoms with Crippen molar-refractivity contribution in [2.75, 3.05) is 39.3 Å². The minimum Gasteiger partial charge on any atom is -0.315 e. The minimum atomic E-state index is -3.58. The van der Waals surface area contributed by atoms with E-state index < -0.39 is 14.9 Å². The van der Waals surface area contributed by atoms with Crippen molar-refractivity contribution in [1.29, 1.82) is 0 Å². The summed E-state index contributed by atoms with van der Waals surface area (Å²) in [6, 6.07) is 5.57. The van der Waals surface area contributed by atoms with Crippen molar-refractivity contribution >= 4 is 28.1 Å². The van der Waals surface area contributed by atoms with Crippen molar-refractivity contribution in [3.63, 3.8) is 0 Å². The SMILES string of the molecule is Cl.O=[N+]([O-])c1ccc(S(=O)(=O)N2CCN(C3CCNC3)CC2)cc1. The Balaban J connectivity index is 0.00000208. The number of nitrogens with one attached hydrogen (secondary N) is 1. The van der Waals surface area contributed by atoms with E-state index in [1.54, 1.807) is 0 Å². The Morgan fingerprint density at radius 1 is 1.12 bits per heavy atom. The lowest BCUT2D eigenvalue weighted by atomic mass is 10.2. The zero-order valence-corrected chi connectivity index (χ0v) is 14.8. The van der Waals surface area contributed by atoms with E-state index in [1.807, 2.05) is 0 Å². The Kier molecular flexibility index (Phi) is 6.16. The van der Waals surface area contributed by atoms with Crippen LogP contribution in [0.5, 0.6) is 0 Å². The first kappa shape index (κ1) is 19.1. The number of hydrogen-bond donors (Lipinski definition) is 1. The molecule has 1 atom stereocenters. The molecule has 1 aromatic carbocycles. The van der Waals surface area contributed by atoms with Crippen LogP contribution in [0.4, 0.5) is 5.69 Å². The average Bonchev–Trinajstić information content (AvgIpc) is 3.09. The molecule has 0 saturated carbocycles. The molecule has 1 unspecified atom stereocenters. The van der Waals surface area contributed by atoms with Gasteiger partial charge in [-0.3, -0.25) is 15.0 Å². The van der Waals surface area contributed by atoms with Crippen LogP contribution in [0.1, 0.15) is 6.42 Å². The molecule has 2 saturated heterocycles. The number of piperazine rings is 1. The van der Waals surface area contributed by atoms with Crippen molar-refractivity contribution < 1.29 is 13.3 Å². The molecule has 0 bridgehead atoms. The molecule has 0 spiro atoms. The predicted molar refractivity (Wildman–Crippen MR) is 92.0 cm³/mol. The Morgan fingerprint density at radius 3 is 2.25 bits per heavy atom. The lowest BCUT2D eigenvalue weighted by Crippen LogP contribution is -2.52. The first-order valence-corrected chi connectivity index (χ1v) is 9.12. The zero-order valence-electron chi connectivity index (χ0n) is 13.1. The van der Waals surface area contributed by atoms with Gasteiger partial charge in [-0.25, -0.2) is 8.42 Å². The van der Waals surface area contributed by atoms with Crippen molar-refractivity contribution in [2.24, 2.45) is 0 Å². The highest BCUT2D eigenvalue weighted by Crippen LogP contribution is 2.21. The maximum Gasteiger partial charge on any atom is 0.269 e. The van der Waals surface area contributed by atoms with Crippen LogP contribution >= 0.6 is 12.4 Å². The third kappa shape index (κ3) is 3.86. The minimum absolute atomic E-state index is 0. The number of halogens is 1. The standard InChI is InChI=1S/C14H20N4O4S.ClH/c19-18(20)12-1-3-14(4-2-12)23(21,22)17-9-7-16(8-10-17)13-5-6-15-11-13;/h1-4,13,15H,5-11H2;1H. The van der Waals surface area contributed by atoms with Crippen LogP contribution in [0.15, 0.2) is 29.2 Å². The number of sulfonamides is 1. The molecule has 8 nitrogen and oxygen atoms in total. The first-order valence-electron chi connectivity index (χ1n) is 7.68. The van der Waals surface area contributed by atoms with Crippen molar-refractivity contribution in [3.8, 4) is 0 Å². The van der Waals surface area contributed by atoms with Gasteiger partial charge >= 0.3 is 0 Å². The molecule has 24 heavy (non-hydrogen) atoms. The topological polar surface area (TPSA) is 95.8 Å². The van der Waals surface area contributed by atoms with Gasteiger partial charge in [0.15, 0.2) is 0 Å². The van der Waals surface area contributed by atoms with Crippen LogP contribution in [-0.2, 0) is 10.0 Å². The van der Waals surface area contributed by atoms with E-state index in [2.05, 4.69) is 10.2 Å². The lowest BCUT2D eigenvalue weighted by molar-refractivity contribution is -0.384. The molecule has 2 fully saturated rings. The fraction of sp³-hybridized carbons (Fsp3) is 0.571. The van der Waals surface area contributed by atoms with E-state index in [0.717, 1.165) is 32.6 Å². The Labute approximate surface area is 147 Å². The molecular formula is C14H21ClN4O4S. The van der Waals surface area contributed by atoms with Gasteiger partial charge in [-0.1, -0.05) is 0 Å². The van der Waals surface area contributed by atoms with E-state index >= 15 is 0 Å². The summed E-state index contributed by atoms with van der Waals surface area (Å²) in [5, 5.41) is 14.0. The van der Waals surface area contributed by atoms with Crippen molar-refractivity contribution in [1.82, 2.24) is 14.5 Å². The van der Waals surface area contributed by atoms with Crippen LogP contribution in [-0.4, -0.2) is 67.9 Å². The number of hydrogen-bond acceptors (Lipinski definition) is 6. The molecule has 134 valence electrons. The molecule has 10 heteroatoms. The molecule has 2 aliphatic rings. The third-order valence-electron chi connectivity index (χ3n) is 4.51. The highest BCUT2D eigenvalue weighted by molar-refractivity contribution is 7.89. The monoisotopic (exact) mass is 376 g/mol. The van der Waals surface area contributed by atoms with Gasteiger partial charge in [0.25, 0.3) is 5.69 Å². The van der Waals surface area contributed by atoms with Crippen LogP contribution in [0.25, 0.3) is 0 Å². The second-order valence-corrected chi connectivity index (χ2v) is 7.78. The Bertz CT molecular complexity index is 669. The molecule has 1 aromatic rings. The molecule has 0 radical (unpaired) electrons. The zero-order chi connectivity index (χ0) is 16.4. The second kappa shape index (κ2) is 7.75. The molecule has 0 aromatic heterocycles.